The predicted octanol–water partition coefficient (Wildman–Crippen LogP) is 3.71. The second-order valence-electron chi connectivity index (χ2n) is 6.45. The van der Waals surface area contributed by atoms with E-state index in [-0.39, 0.29) is 36.6 Å². The van der Waals surface area contributed by atoms with E-state index in [2.05, 4.69) is 5.32 Å². The molecule has 0 aliphatic carbocycles. The minimum absolute atomic E-state index is 0.117. The first-order chi connectivity index (χ1) is 12.5. The van der Waals surface area contributed by atoms with Crippen LogP contribution >= 0.6 is 0 Å². The molecule has 0 aromatic heterocycles. The SMILES string of the molecule is CC(=O)N1C=Cc2ccccc2C1CC(=O)NCc1ccc(C)c(F)c1. The summed E-state index contributed by atoms with van der Waals surface area (Å²) in [6.45, 7) is 3.43. The van der Waals surface area contributed by atoms with Crippen LogP contribution in [-0.2, 0) is 16.1 Å². The lowest BCUT2D eigenvalue weighted by Gasteiger charge is -2.32. The number of nitrogens with zero attached hydrogens (tertiary/aromatic N) is 1. The van der Waals surface area contributed by atoms with Crippen molar-refractivity contribution in [1.29, 1.82) is 0 Å². The van der Waals surface area contributed by atoms with Crippen molar-refractivity contribution in [2.45, 2.75) is 32.9 Å². The molecule has 1 atom stereocenters. The van der Waals surface area contributed by atoms with Crippen molar-refractivity contribution < 1.29 is 14.0 Å². The molecular weight excluding hydrogens is 331 g/mol. The van der Waals surface area contributed by atoms with Crippen LogP contribution in [0.5, 0.6) is 0 Å². The van der Waals surface area contributed by atoms with Crippen LogP contribution in [0.25, 0.3) is 6.08 Å². The Labute approximate surface area is 152 Å². The third kappa shape index (κ3) is 3.82. The van der Waals surface area contributed by atoms with Gasteiger partial charge in [-0.05, 0) is 41.3 Å². The first kappa shape index (κ1) is 17.9. The standard InChI is InChI=1S/C21H21FN2O2/c1-14-7-8-16(11-19(14)22)13-23-21(26)12-20-18-6-4-3-5-17(18)9-10-24(20)15(2)25/h3-11,20H,12-13H2,1-2H3,(H,23,26). The fourth-order valence-electron chi connectivity index (χ4n) is 3.11. The lowest BCUT2D eigenvalue weighted by atomic mass is 9.93. The number of nitrogens with one attached hydrogen (secondary N) is 1. The number of benzene rings is 2. The first-order valence-corrected chi connectivity index (χ1v) is 8.53. The van der Waals surface area contributed by atoms with Gasteiger partial charge in [0.25, 0.3) is 0 Å². The lowest BCUT2D eigenvalue weighted by molar-refractivity contribution is -0.130. The third-order valence-corrected chi connectivity index (χ3v) is 4.57. The summed E-state index contributed by atoms with van der Waals surface area (Å²) in [6.07, 6.45) is 3.74. The molecule has 2 aromatic carbocycles. The highest BCUT2D eigenvalue weighted by molar-refractivity contribution is 5.81. The van der Waals surface area contributed by atoms with Crippen LogP contribution in [0, 0.1) is 12.7 Å². The van der Waals surface area contributed by atoms with Crippen molar-refractivity contribution in [3.63, 3.8) is 0 Å². The van der Waals surface area contributed by atoms with Crippen LogP contribution in [-0.4, -0.2) is 16.7 Å². The van der Waals surface area contributed by atoms with E-state index in [1.165, 1.54) is 13.0 Å². The number of rotatable bonds is 4. The van der Waals surface area contributed by atoms with Gasteiger partial charge in [0, 0.05) is 19.7 Å². The molecule has 1 unspecified atom stereocenters. The van der Waals surface area contributed by atoms with Gasteiger partial charge in [0.1, 0.15) is 5.82 Å². The molecule has 2 aromatic rings. The molecule has 0 saturated carbocycles. The van der Waals surface area contributed by atoms with Gasteiger partial charge in [-0.3, -0.25) is 9.59 Å². The summed E-state index contributed by atoms with van der Waals surface area (Å²) >= 11 is 0. The maximum absolute atomic E-state index is 13.6. The van der Waals surface area contributed by atoms with E-state index in [1.54, 1.807) is 30.2 Å². The molecule has 1 heterocycles. The monoisotopic (exact) mass is 352 g/mol. The van der Waals surface area contributed by atoms with Crippen LogP contribution in [0.15, 0.2) is 48.7 Å². The molecular formula is C21H21FN2O2. The van der Waals surface area contributed by atoms with Crippen molar-refractivity contribution in [2.75, 3.05) is 0 Å². The van der Waals surface area contributed by atoms with Gasteiger partial charge in [-0.25, -0.2) is 4.39 Å². The zero-order chi connectivity index (χ0) is 18.7. The molecule has 1 aliphatic rings. The van der Waals surface area contributed by atoms with Gasteiger partial charge in [0.15, 0.2) is 0 Å². The summed E-state index contributed by atoms with van der Waals surface area (Å²) in [5.41, 5.74) is 3.22. The average Bonchev–Trinajstić information content (AvgIpc) is 2.62. The van der Waals surface area contributed by atoms with Crippen LogP contribution in [0.2, 0.25) is 0 Å². The molecule has 134 valence electrons. The minimum Gasteiger partial charge on any atom is -0.352 e. The smallest absolute Gasteiger partial charge is 0.223 e. The highest BCUT2D eigenvalue weighted by atomic mass is 19.1. The molecule has 0 fully saturated rings. The quantitative estimate of drug-likeness (QED) is 0.912. The van der Waals surface area contributed by atoms with E-state index in [4.69, 9.17) is 0 Å². The Bertz CT molecular complexity index is 876. The van der Waals surface area contributed by atoms with E-state index in [1.807, 2.05) is 30.3 Å². The minimum atomic E-state index is -0.344. The van der Waals surface area contributed by atoms with Gasteiger partial charge in [0.2, 0.25) is 11.8 Å². The molecule has 0 saturated heterocycles. The van der Waals surface area contributed by atoms with Crippen molar-refractivity contribution in [3.8, 4) is 0 Å². The zero-order valence-electron chi connectivity index (χ0n) is 14.8. The predicted molar refractivity (Wildman–Crippen MR) is 98.3 cm³/mol. The summed E-state index contributed by atoms with van der Waals surface area (Å²) in [5.74, 6) is -0.590. The maximum Gasteiger partial charge on any atom is 0.223 e. The Morgan fingerprint density at radius 1 is 1.19 bits per heavy atom. The molecule has 26 heavy (non-hydrogen) atoms. The van der Waals surface area contributed by atoms with Crippen LogP contribution in [0.1, 0.15) is 41.6 Å². The van der Waals surface area contributed by atoms with E-state index in [9.17, 15) is 14.0 Å². The largest absolute Gasteiger partial charge is 0.352 e. The number of aryl methyl sites for hydroxylation is 1. The van der Waals surface area contributed by atoms with Crippen molar-refractivity contribution >= 4 is 17.9 Å². The van der Waals surface area contributed by atoms with E-state index < -0.39 is 0 Å². The fraction of sp³-hybridized carbons (Fsp3) is 0.238. The molecule has 0 spiro atoms. The normalized spacial score (nSPS) is 15.5. The number of hydrogen-bond donors (Lipinski definition) is 1. The second-order valence-corrected chi connectivity index (χ2v) is 6.45. The molecule has 3 rings (SSSR count). The molecule has 0 radical (unpaired) electrons. The Balaban J connectivity index is 1.71. The van der Waals surface area contributed by atoms with Crippen LogP contribution < -0.4 is 5.32 Å². The van der Waals surface area contributed by atoms with Crippen molar-refractivity contribution in [3.05, 3.63) is 76.7 Å². The Kier molecular flexibility index (Phi) is 5.16. The molecule has 4 nitrogen and oxygen atoms in total. The van der Waals surface area contributed by atoms with Gasteiger partial charge in [0.05, 0.1) is 12.5 Å². The third-order valence-electron chi connectivity index (χ3n) is 4.57. The van der Waals surface area contributed by atoms with E-state index >= 15 is 0 Å². The number of hydrogen-bond acceptors (Lipinski definition) is 2. The summed E-state index contributed by atoms with van der Waals surface area (Å²) in [7, 11) is 0. The Morgan fingerprint density at radius 3 is 2.69 bits per heavy atom. The average molecular weight is 352 g/mol. The number of halogens is 1. The van der Waals surface area contributed by atoms with E-state index in [0.717, 1.165) is 11.1 Å². The Hall–Kier alpha value is -2.95. The fourth-order valence-corrected chi connectivity index (χ4v) is 3.11. The molecule has 1 N–H and O–H groups in total. The van der Waals surface area contributed by atoms with Gasteiger partial charge in [-0.15, -0.1) is 0 Å². The number of carbonyl (C=O) groups is 2. The summed E-state index contributed by atoms with van der Waals surface area (Å²) in [5, 5.41) is 2.82. The highest BCUT2D eigenvalue weighted by Crippen LogP contribution is 2.32. The molecule has 5 heteroatoms. The molecule has 0 bridgehead atoms. The number of carbonyl (C=O) groups excluding carboxylic acids is 2. The van der Waals surface area contributed by atoms with Gasteiger partial charge in [-0.1, -0.05) is 36.4 Å². The van der Waals surface area contributed by atoms with Crippen LogP contribution in [0.3, 0.4) is 0 Å². The topological polar surface area (TPSA) is 49.4 Å². The maximum atomic E-state index is 13.6. The van der Waals surface area contributed by atoms with Crippen molar-refractivity contribution in [2.24, 2.45) is 0 Å². The summed E-state index contributed by atoms with van der Waals surface area (Å²) in [4.78, 5) is 26.0. The van der Waals surface area contributed by atoms with Gasteiger partial charge < -0.3 is 10.2 Å². The molecule has 2 amide bonds. The highest BCUT2D eigenvalue weighted by Gasteiger charge is 2.28. The number of amides is 2. The number of fused-ring (bicyclic) bond motifs is 1. The lowest BCUT2D eigenvalue weighted by Crippen LogP contribution is -2.35. The molecule has 1 aliphatic heterocycles. The van der Waals surface area contributed by atoms with Gasteiger partial charge in [-0.2, -0.15) is 0 Å². The van der Waals surface area contributed by atoms with Crippen molar-refractivity contribution in [1.82, 2.24) is 10.2 Å². The van der Waals surface area contributed by atoms with Crippen LogP contribution in [0.4, 0.5) is 4.39 Å². The van der Waals surface area contributed by atoms with E-state index in [0.29, 0.717) is 11.1 Å². The first-order valence-electron chi connectivity index (χ1n) is 8.53. The summed E-state index contributed by atoms with van der Waals surface area (Å²) in [6, 6.07) is 12.3. The second kappa shape index (κ2) is 7.52. The zero-order valence-corrected chi connectivity index (χ0v) is 14.8. The van der Waals surface area contributed by atoms with Gasteiger partial charge >= 0.3 is 0 Å². The summed E-state index contributed by atoms with van der Waals surface area (Å²) < 4.78 is 13.6. The Morgan fingerprint density at radius 2 is 1.96 bits per heavy atom.